The third-order valence-corrected chi connectivity index (χ3v) is 5.63. The molecule has 0 amide bonds. The van der Waals surface area contributed by atoms with Crippen LogP contribution >= 0.6 is 11.6 Å². The highest BCUT2D eigenvalue weighted by molar-refractivity contribution is 6.31. The number of nitrogens with zero attached hydrogens (tertiary/aromatic N) is 1. The van der Waals surface area contributed by atoms with Crippen LogP contribution in [0.4, 0.5) is 0 Å². The Bertz CT molecular complexity index is 853. The molecule has 1 fully saturated rings. The van der Waals surface area contributed by atoms with Gasteiger partial charge >= 0.3 is 0 Å². The number of methoxy groups -OCH3 is 2. The molecule has 0 bridgehead atoms. The molecule has 4 rings (SSSR count). The molecule has 156 valence electrons. The molecule has 7 heteroatoms. The SMILES string of the molecule is COc1ccc(CN(Cc2cc3c(cc2Cl)OCO3)CC2CCCO2)cc1OC. The molecule has 2 aliphatic rings. The van der Waals surface area contributed by atoms with Gasteiger partial charge in [-0.1, -0.05) is 17.7 Å². The van der Waals surface area contributed by atoms with Crippen molar-refractivity contribution < 1.29 is 23.7 Å². The Morgan fingerprint density at radius 3 is 2.55 bits per heavy atom. The van der Waals surface area contributed by atoms with Crippen LogP contribution in [-0.4, -0.2) is 45.2 Å². The fraction of sp³-hybridized carbons (Fsp3) is 0.455. The van der Waals surface area contributed by atoms with Gasteiger partial charge < -0.3 is 23.7 Å². The molecule has 0 aromatic heterocycles. The molecule has 1 atom stereocenters. The Labute approximate surface area is 176 Å². The van der Waals surface area contributed by atoms with Gasteiger partial charge in [0.15, 0.2) is 23.0 Å². The summed E-state index contributed by atoms with van der Waals surface area (Å²) in [5, 5.41) is 0.680. The van der Waals surface area contributed by atoms with Gasteiger partial charge in [-0.3, -0.25) is 4.90 Å². The molecule has 0 radical (unpaired) electrons. The van der Waals surface area contributed by atoms with Gasteiger partial charge in [0.25, 0.3) is 0 Å². The second-order valence-corrected chi connectivity index (χ2v) is 7.70. The normalized spacial score (nSPS) is 17.7. The maximum absolute atomic E-state index is 6.53. The van der Waals surface area contributed by atoms with E-state index in [1.807, 2.05) is 24.3 Å². The van der Waals surface area contributed by atoms with Crippen LogP contribution in [0.25, 0.3) is 0 Å². The standard InChI is InChI=1S/C22H26ClNO5/c1-25-19-6-5-15(8-20(19)26-2)11-24(13-17-4-3-7-27-17)12-16-9-21-22(10-18(16)23)29-14-28-21/h5-6,8-10,17H,3-4,7,11-14H2,1-2H3. The molecule has 0 saturated carbocycles. The minimum atomic E-state index is 0.236. The fourth-order valence-electron chi connectivity index (χ4n) is 3.82. The quantitative estimate of drug-likeness (QED) is 0.637. The van der Waals surface area contributed by atoms with Gasteiger partial charge in [0.2, 0.25) is 6.79 Å². The lowest BCUT2D eigenvalue weighted by atomic mass is 10.1. The highest BCUT2D eigenvalue weighted by Gasteiger charge is 2.22. The van der Waals surface area contributed by atoms with E-state index in [1.165, 1.54) is 0 Å². The molecule has 29 heavy (non-hydrogen) atoms. The molecule has 1 unspecified atom stereocenters. The van der Waals surface area contributed by atoms with Crippen molar-refractivity contribution in [1.82, 2.24) is 4.90 Å². The van der Waals surface area contributed by atoms with Gasteiger partial charge in [-0.05, 0) is 42.2 Å². The van der Waals surface area contributed by atoms with Crippen molar-refractivity contribution in [2.45, 2.75) is 32.0 Å². The summed E-state index contributed by atoms with van der Waals surface area (Å²) >= 11 is 6.53. The second kappa shape index (κ2) is 9.11. The monoisotopic (exact) mass is 419 g/mol. The largest absolute Gasteiger partial charge is 0.493 e. The lowest BCUT2D eigenvalue weighted by Crippen LogP contribution is -2.31. The Morgan fingerprint density at radius 2 is 1.83 bits per heavy atom. The Morgan fingerprint density at radius 1 is 1.03 bits per heavy atom. The van der Waals surface area contributed by atoms with Crippen LogP contribution in [-0.2, 0) is 17.8 Å². The summed E-state index contributed by atoms with van der Waals surface area (Å²) in [4.78, 5) is 2.35. The average molecular weight is 420 g/mol. The van der Waals surface area contributed by atoms with E-state index in [4.69, 9.17) is 35.3 Å². The predicted octanol–water partition coefficient (Wildman–Crippen LogP) is 4.27. The summed E-state index contributed by atoms with van der Waals surface area (Å²) in [5.74, 6) is 2.89. The van der Waals surface area contributed by atoms with Gasteiger partial charge in [-0.25, -0.2) is 0 Å². The van der Waals surface area contributed by atoms with Gasteiger partial charge in [0.05, 0.1) is 20.3 Å². The van der Waals surface area contributed by atoms with Gasteiger partial charge in [-0.15, -0.1) is 0 Å². The molecule has 0 spiro atoms. The zero-order valence-corrected chi connectivity index (χ0v) is 17.5. The first kappa shape index (κ1) is 20.1. The van der Waals surface area contributed by atoms with Crippen LogP contribution in [0.3, 0.4) is 0 Å². The van der Waals surface area contributed by atoms with Gasteiger partial charge in [0, 0.05) is 37.3 Å². The molecule has 0 N–H and O–H groups in total. The summed E-state index contributed by atoms with van der Waals surface area (Å²) in [6.45, 7) is 3.33. The zero-order chi connectivity index (χ0) is 20.2. The number of hydrogen-bond acceptors (Lipinski definition) is 6. The van der Waals surface area contributed by atoms with Crippen LogP contribution in [0, 0.1) is 0 Å². The lowest BCUT2D eigenvalue weighted by molar-refractivity contribution is 0.0679. The zero-order valence-electron chi connectivity index (χ0n) is 16.8. The van der Waals surface area contributed by atoms with Crippen LogP contribution in [0.15, 0.2) is 30.3 Å². The summed E-state index contributed by atoms with van der Waals surface area (Å²) in [5.41, 5.74) is 2.15. The summed E-state index contributed by atoms with van der Waals surface area (Å²) < 4.78 is 27.6. The molecule has 2 heterocycles. The lowest BCUT2D eigenvalue weighted by Gasteiger charge is -2.26. The van der Waals surface area contributed by atoms with Gasteiger partial charge in [-0.2, -0.15) is 0 Å². The maximum Gasteiger partial charge on any atom is 0.231 e. The predicted molar refractivity (Wildman–Crippen MR) is 110 cm³/mol. The van der Waals surface area contributed by atoms with E-state index in [9.17, 15) is 0 Å². The van der Waals surface area contributed by atoms with Crippen molar-refractivity contribution in [2.75, 3.05) is 34.2 Å². The minimum absolute atomic E-state index is 0.236. The molecular weight excluding hydrogens is 394 g/mol. The van der Waals surface area contributed by atoms with E-state index < -0.39 is 0 Å². The van der Waals surface area contributed by atoms with Crippen molar-refractivity contribution >= 4 is 11.6 Å². The minimum Gasteiger partial charge on any atom is -0.493 e. The highest BCUT2D eigenvalue weighted by Crippen LogP contribution is 2.37. The van der Waals surface area contributed by atoms with Crippen molar-refractivity contribution in [3.8, 4) is 23.0 Å². The van der Waals surface area contributed by atoms with E-state index in [0.717, 1.165) is 60.9 Å². The van der Waals surface area contributed by atoms with Crippen LogP contribution < -0.4 is 18.9 Å². The number of fused-ring (bicyclic) bond motifs is 1. The molecule has 2 aromatic carbocycles. The van der Waals surface area contributed by atoms with E-state index >= 15 is 0 Å². The average Bonchev–Trinajstić information content (AvgIpc) is 3.39. The van der Waals surface area contributed by atoms with Crippen molar-refractivity contribution in [2.24, 2.45) is 0 Å². The first-order chi connectivity index (χ1) is 14.2. The number of ether oxygens (including phenoxy) is 5. The summed E-state index contributed by atoms with van der Waals surface area (Å²) in [6, 6.07) is 9.82. The van der Waals surface area contributed by atoms with Gasteiger partial charge in [0.1, 0.15) is 0 Å². The molecule has 2 aromatic rings. The molecule has 1 saturated heterocycles. The van der Waals surface area contributed by atoms with Crippen molar-refractivity contribution in [3.63, 3.8) is 0 Å². The Balaban J connectivity index is 1.55. The third-order valence-electron chi connectivity index (χ3n) is 5.28. The number of rotatable bonds is 8. The smallest absolute Gasteiger partial charge is 0.231 e. The van der Waals surface area contributed by atoms with Crippen LogP contribution in [0.2, 0.25) is 5.02 Å². The third kappa shape index (κ3) is 4.71. The first-order valence-electron chi connectivity index (χ1n) is 9.79. The van der Waals surface area contributed by atoms with Crippen molar-refractivity contribution in [3.05, 3.63) is 46.5 Å². The topological polar surface area (TPSA) is 49.4 Å². The molecule has 2 aliphatic heterocycles. The first-order valence-corrected chi connectivity index (χ1v) is 10.2. The van der Waals surface area contributed by atoms with E-state index in [2.05, 4.69) is 11.0 Å². The van der Waals surface area contributed by atoms with Crippen molar-refractivity contribution in [1.29, 1.82) is 0 Å². The number of halogens is 1. The number of benzene rings is 2. The second-order valence-electron chi connectivity index (χ2n) is 7.29. The molecular formula is C22H26ClNO5. The Hall–Kier alpha value is -2.15. The Kier molecular flexibility index (Phi) is 6.33. The highest BCUT2D eigenvalue weighted by atomic mass is 35.5. The molecule has 0 aliphatic carbocycles. The maximum atomic E-state index is 6.53. The fourth-order valence-corrected chi connectivity index (χ4v) is 4.03. The van der Waals surface area contributed by atoms with E-state index in [-0.39, 0.29) is 12.9 Å². The van der Waals surface area contributed by atoms with Crippen LogP contribution in [0.1, 0.15) is 24.0 Å². The summed E-state index contributed by atoms with van der Waals surface area (Å²) in [7, 11) is 3.29. The molecule has 6 nitrogen and oxygen atoms in total. The number of hydrogen-bond donors (Lipinski definition) is 0. The van der Waals surface area contributed by atoms with E-state index in [0.29, 0.717) is 17.3 Å². The van der Waals surface area contributed by atoms with E-state index in [1.54, 1.807) is 14.2 Å². The summed E-state index contributed by atoms with van der Waals surface area (Å²) in [6.07, 6.45) is 2.43. The van der Waals surface area contributed by atoms with Crippen LogP contribution in [0.5, 0.6) is 23.0 Å².